The van der Waals surface area contributed by atoms with Crippen molar-refractivity contribution in [3.8, 4) is 0 Å². The minimum atomic E-state index is 0.0604. The first-order valence-electron chi connectivity index (χ1n) is 4.30. The topological polar surface area (TPSA) is 47.8 Å². The summed E-state index contributed by atoms with van der Waals surface area (Å²) in [5.74, 6) is 0.788. The molecule has 13 heavy (non-hydrogen) atoms. The molecule has 0 spiro atoms. The second-order valence-electron chi connectivity index (χ2n) is 2.64. The standard InChI is InChI=1S/C9H13N3O/c1-3-5-8(13)6-9-10-7-11-12(9)4-2/h3,5,7H,4,6H2,1-2H3/b5-3+. The van der Waals surface area contributed by atoms with Gasteiger partial charge in [-0.25, -0.2) is 9.67 Å². The third-order valence-electron chi connectivity index (χ3n) is 1.68. The van der Waals surface area contributed by atoms with Crippen molar-refractivity contribution >= 4 is 5.78 Å². The molecule has 0 N–H and O–H groups in total. The molecule has 1 heterocycles. The molecule has 0 aliphatic rings. The van der Waals surface area contributed by atoms with Crippen LogP contribution in [0.1, 0.15) is 19.7 Å². The lowest BCUT2D eigenvalue weighted by atomic mass is 10.2. The number of hydrogen-bond donors (Lipinski definition) is 0. The Kier molecular flexibility index (Phi) is 3.37. The maximum absolute atomic E-state index is 11.2. The number of carbonyl (C=O) groups excluding carboxylic acids is 1. The molecule has 0 saturated carbocycles. The van der Waals surface area contributed by atoms with Crippen molar-refractivity contribution in [3.63, 3.8) is 0 Å². The van der Waals surface area contributed by atoms with E-state index in [1.54, 1.807) is 16.8 Å². The number of nitrogens with zero attached hydrogens (tertiary/aromatic N) is 3. The zero-order chi connectivity index (χ0) is 9.68. The Morgan fingerprint density at radius 2 is 2.46 bits per heavy atom. The summed E-state index contributed by atoms with van der Waals surface area (Å²) in [6.45, 7) is 4.54. The molecule has 0 fully saturated rings. The van der Waals surface area contributed by atoms with Crippen LogP contribution in [0.15, 0.2) is 18.5 Å². The first-order chi connectivity index (χ1) is 6.27. The van der Waals surface area contributed by atoms with E-state index in [-0.39, 0.29) is 5.78 Å². The molecule has 0 aliphatic carbocycles. The Hall–Kier alpha value is -1.45. The summed E-state index contributed by atoms with van der Waals surface area (Å²) in [6, 6.07) is 0. The van der Waals surface area contributed by atoms with Crippen LogP contribution in [0.25, 0.3) is 0 Å². The van der Waals surface area contributed by atoms with Crippen molar-refractivity contribution in [3.05, 3.63) is 24.3 Å². The number of carbonyl (C=O) groups is 1. The highest BCUT2D eigenvalue weighted by atomic mass is 16.1. The number of ketones is 1. The molecule has 0 radical (unpaired) electrons. The Labute approximate surface area is 77.3 Å². The Bertz CT molecular complexity index is 314. The van der Waals surface area contributed by atoms with Crippen LogP contribution in [0.3, 0.4) is 0 Å². The largest absolute Gasteiger partial charge is 0.294 e. The molecular formula is C9H13N3O. The zero-order valence-electron chi connectivity index (χ0n) is 7.90. The summed E-state index contributed by atoms with van der Waals surface area (Å²) < 4.78 is 1.72. The van der Waals surface area contributed by atoms with E-state index in [9.17, 15) is 4.79 Å². The van der Waals surface area contributed by atoms with Crippen LogP contribution in [0, 0.1) is 0 Å². The Balaban J connectivity index is 2.68. The SMILES string of the molecule is C/C=C/C(=O)Cc1ncnn1CC. The van der Waals surface area contributed by atoms with E-state index < -0.39 is 0 Å². The molecule has 0 unspecified atom stereocenters. The fraction of sp³-hybridized carbons (Fsp3) is 0.444. The van der Waals surface area contributed by atoms with Gasteiger partial charge < -0.3 is 0 Å². The van der Waals surface area contributed by atoms with Gasteiger partial charge in [-0.05, 0) is 19.9 Å². The van der Waals surface area contributed by atoms with Gasteiger partial charge in [0.15, 0.2) is 5.78 Å². The van der Waals surface area contributed by atoms with Crippen LogP contribution in [-0.4, -0.2) is 20.5 Å². The van der Waals surface area contributed by atoms with Gasteiger partial charge in [0, 0.05) is 6.54 Å². The minimum Gasteiger partial charge on any atom is -0.294 e. The van der Waals surface area contributed by atoms with Crippen LogP contribution >= 0.6 is 0 Å². The Morgan fingerprint density at radius 1 is 1.69 bits per heavy atom. The van der Waals surface area contributed by atoms with E-state index in [1.165, 1.54) is 6.33 Å². The summed E-state index contributed by atoms with van der Waals surface area (Å²) in [7, 11) is 0. The van der Waals surface area contributed by atoms with Gasteiger partial charge in [0.05, 0.1) is 6.42 Å². The summed E-state index contributed by atoms with van der Waals surface area (Å²) in [5, 5.41) is 3.98. The van der Waals surface area contributed by atoms with Gasteiger partial charge in [-0.3, -0.25) is 4.79 Å². The summed E-state index contributed by atoms with van der Waals surface area (Å²) >= 11 is 0. The first kappa shape index (κ1) is 9.64. The predicted molar refractivity (Wildman–Crippen MR) is 49.2 cm³/mol. The third-order valence-corrected chi connectivity index (χ3v) is 1.68. The molecule has 0 saturated heterocycles. The highest BCUT2D eigenvalue weighted by Crippen LogP contribution is 1.96. The minimum absolute atomic E-state index is 0.0604. The van der Waals surface area contributed by atoms with Crippen molar-refractivity contribution in [2.24, 2.45) is 0 Å². The van der Waals surface area contributed by atoms with E-state index in [0.717, 1.165) is 12.4 Å². The second-order valence-corrected chi connectivity index (χ2v) is 2.64. The van der Waals surface area contributed by atoms with Crippen molar-refractivity contribution in [1.82, 2.24) is 14.8 Å². The van der Waals surface area contributed by atoms with Crippen molar-refractivity contribution in [2.45, 2.75) is 26.8 Å². The molecule has 0 aliphatic heterocycles. The van der Waals surface area contributed by atoms with Gasteiger partial charge in [0.1, 0.15) is 12.2 Å². The van der Waals surface area contributed by atoms with E-state index in [0.29, 0.717) is 6.42 Å². The molecular weight excluding hydrogens is 166 g/mol. The number of allylic oxidation sites excluding steroid dienone is 2. The monoisotopic (exact) mass is 179 g/mol. The summed E-state index contributed by atoms with van der Waals surface area (Å²) in [5.41, 5.74) is 0. The van der Waals surface area contributed by atoms with E-state index in [4.69, 9.17) is 0 Å². The zero-order valence-corrected chi connectivity index (χ0v) is 7.90. The van der Waals surface area contributed by atoms with Gasteiger partial charge in [0.25, 0.3) is 0 Å². The maximum atomic E-state index is 11.2. The van der Waals surface area contributed by atoms with Crippen LogP contribution in [-0.2, 0) is 17.8 Å². The van der Waals surface area contributed by atoms with Gasteiger partial charge in [-0.15, -0.1) is 0 Å². The van der Waals surface area contributed by atoms with Crippen molar-refractivity contribution in [2.75, 3.05) is 0 Å². The molecule has 1 aromatic heterocycles. The summed E-state index contributed by atoms with van der Waals surface area (Å²) in [4.78, 5) is 15.2. The highest BCUT2D eigenvalue weighted by Gasteiger charge is 2.05. The number of aryl methyl sites for hydroxylation is 1. The molecule has 0 amide bonds. The van der Waals surface area contributed by atoms with Crippen molar-refractivity contribution < 1.29 is 4.79 Å². The quantitative estimate of drug-likeness (QED) is 0.647. The molecule has 1 aromatic rings. The van der Waals surface area contributed by atoms with Crippen LogP contribution in [0.2, 0.25) is 0 Å². The fourth-order valence-corrected chi connectivity index (χ4v) is 1.09. The average Bonchev–Trinajstić information content (AvgIpc) is 2.52. The maximum Gasteiger partial charge on any atom is 0.162 e. The molecule has 4 nitrogen and oxygen atoms in total. The van der Waals surface area contributed by atoms with Crippen molar-refractivity contribution in [1.29, 1.82) is 0 Å². The van der Waals surface area contributed by atoms with E-state index in [2.05, 4.69) is 10.1 Å². The van der Waals surface area contributed by atoms with Crippen LogP contribution in [0.5, 0.6) is 0 Å². The van der Waals surface area contributed by atoms with E-state index >= 15 is 0 Å². The van der Waals surface area contributed by atoms with Gasteiger partial charge in [-0.1, -0.05) is 6.08 Å². The highest BCUT2D eigenvalue weighted by molar-refractivity contribution is 5.90. The molecule has 4 heteroatoms. The average molecular weight is 179 g/mol. The summed E-state index contributed by atoms with van der Waals surface area (Å²) in [6.07, 6.45) is 5.09. The lowest BCUT2D eigenvalue weighted by Crippen LogP contribution is -2.08. The smallest absolute Gasteiger partial charge is 0.162 e. The lowest BCUT2D eigenvalue weighted by molar-refractivity contribution is -0.114. The van der Waals surface area contributed by atoms with Crippen LogP contribution < -0.4 is 0 Å². The molecule has 0 atom stereocenters. The number of rotatable bonds is 4. The molecule has 70 valence electrons. The third kappa shape index (κ3) is 2.50. The molecule has 0 aromatic carbocycles. The van der Waals surface area contributed by atoms with Gasteiger partial charge in [0.2, 0.25) is 0 Å². The molecule has 1 rings (SSSR count). The normalized spacial score (nSPS) is 10.9. The van der Waals surface area contributed by atoms with E-state index in [1.807, 2.05) is 13.8 Å². The predicted octanol–water partition coefficient (Wildman–Crippen LogP) is 0.986. The number of aromatic nitrogens is 3. The van der Waals surface area contributed by atoms with Gasteiger partial charge in [-0.2, -0.15) is 5.10 Å². The van der Waals surface area contributed by atoms with Gasteiger partial charge >= 0.3 is 0 Å². The lowest BCUT2D eigenvalue weighted by Gasteiger charge is -1.99. The second kappa shape index (κ2) is 4.54. The molecule has 0 bridgehead atoms. The van der Waals surface area contributed by atoms with Crippen LogP contribution in [0.4, 0.5) is 0 Å². The Morgan fingerprint density at radius 3 is 3.08 bits per heavy atom. The fourth-order valence-electron chi connectivity index (χ4n) is 1.09. The first-order valence-corrected chi connectivity index (χ1v) is 4.30. The number of hydrogen-bond acceptors (Lipinski definition) is 3.